The number of ether oxygens (including phenoxy) is 2. The van der Waals surface area contributed by atoms with Gasteiger partial charge in [-0.3, -0.25) is 14.4 Å². The first-order chi connectivity index (χ1) is 22.3. The number of hydrogen-bond donors (Lipinski definition) is 2. The number of aliphatic hydroxyl groups is 2. The van der Waals surface area contributed by atoms with Gasteiger partial charge in [-0.15, -0.1) is 5.10 Å². The molecule has 3 heterocycles. The number of benzene rings is 3. The normalized spacial score (nSPS) is 19.0. The zero-order valence-electron chi connectivity index (χ0n) is 25.8. The highest BCUT2D eigenvalue weighted by Crippen LogP contribution is 2.47. The zero-order valence-corrected chi connectivity index (χ0v) is 25.8. The number of cyclic esters (lactones) is 1. The number of nitrogens with zero attached hydrogens (tertiary/aromatic N) is 5. The number of aliphatic hydroxyl groups excluding tert-OH is 1. The van der Waals surface area contributed by atoms with Crippen LogP contribution >= 0.6 is 0 Å². The van der Waals surface area contributed by atoms with Crippen LogP contribution in [0.3, 0.4) is 0 Å². The van der Waals surface area contributed by atoms with Crippen LogP contribution in [0.1, 0.15) is 41.6 Å². The lowest BCUT2D eigenvalue weighted by Crippen LogP contribution is -2.44. The summed E-state index contributed by atoms with van der Waals surface area (Å²) in [6, 6.07) is 22.4. The Morgan fingerprint density at radius 3 is 2.57 bits per heavy atom. The number of methoxy groups -OCH3 is 1. The molecule has 1 saturated heterocycles. The first-order valence-electron chi connectivity index (χ1n) is 15.3. The lowest BCUT2D eigenvalue weighted by Gasteiger charge is -2.28. The number of fused-ring (bicyclic) bond motifs is 1. The summed E-state index contributed by atoms with van der Waals surface area (Å²) in [6.45, 7) is 3.39. The monoisotopic (exact) mass is 623 g/mol. The lowest BCUT2D eigenvalue weighted by molar-refractivity contribution is -0.139. The molecule has 2 aliphatic rings. The Morgan fingerprint density at radius 1 is 1.09 bits per heavy atom. The van der Waals surface area contributed by atoms with E-state index in [0.717, 1.165) is 16.8 Å². The maximum Gasteiger partial charge on any atom is 0.414 e. The van der Waals surface area contributed by atoms with Crippen molar-refractivity contribution in [2.24, 2.45) is 5.92 Å². The molecule has 0 saturated carbocycles. The van der Waals surface area contributed by atoms with Crippen molar-refractivity contribution in [3.8, 4) is 5.75 Å². The molecule has 3 atom stereocenters. The Labute approximate surface area is 267 Å². The van der Waals surface area contributed by atoms with Crippen molar-refractivity contribution in [2.75, 3.05) is 36.7 Å². The van der Waals surface area contributed by atoms with Crippen molar-refractivity contribution in [1.29, 1.82) is 0 Å². The van der Waals surface area contributed by atoms with Crippen LogP contribution in [0.25, 0.3) is 0 Å². The number of rotatable bonds is 12. The van der Waals surface area contributed by atoms with E-state index in [2.05, 4.69) is 10.3 Å². The third kappa shape index (κ3) is 5.86. The van der Waals surface area contributed by atoms with Gasteiger partial charge >= 0.3 is 6.09 Å². The lowest BCUT2D eigenvalue weighted by atomic mass is 9.83. The second-order valence-electron chi connectivity index (χ2n) is 11.5. The van der Waals surface area contributed by atoms with Gasteiger partial charge in [0.1, 0.15) is 12.4 Å². The van der Waals surface area contributed by atoms with Crippen LogP contribution in [0.15, 0.2) is 91.1 Å². The molecule has 238 valence electrons. The van der Waals surface area contributed by atoms with E-state index in [4.69, 9.17) is 9.47 Å². The molecule has 2 aliphatic heterocycles. The molecule has 1 unspecified atom stereocenters. The largest absolute Gasteiger partial charge is 0.497 e. The van der Waals surface area contributed by atoms with Crippen LogP contribution in [0.4, 0.5) is 16.2 Å². The maximum absolute atomic E-state index is 14.0. The Balaban J connectivity index is 1.15. The third-order valence-corrected chi connectivity index (χ3v) is 8.73. The Morgan fingerprint density at radius 2 is 1.87 bits per heavy atom. The number of carbonyl (C=O) groups is 2. The molecule has 2 N–H and O–H groups in total. The molecule has 0 bridgehead atoms. The fourth-order valence-electron chi connectivity index (χ4n) is 6.09. The fourth-order valence-corrected chi connectivity index (χ4v) is 6.09. The third-order valence-electron chi connectivity index (χ3n) is 8.73. The molecule has 4 aromatic rings. The molecule has 46 heavy (non-hydrogen) atoms. The SMILES string of the molecule is COc1ccc2c(c1)[C@](O)([C@@H](C)/C=C/CCn1cc(C(CO)c3ccccc3)nn1)C(=O)N2Cc1ccc(N2CCOC2=O)cc1. The standard InChI is InChI=1S/C35H37N5O6/c1-24(8-6-7-17-38-22-31(36-37-38)29(23-41)26-9-4-3-5-10-26)35(44)30-20-28(45-2)15-16-32(30)40(33(35)42)21-25-11-13-27(14-12-25)39-18-19-46-34(39)43/h3-6,8-16,20,22,24,29,41,44H,7,17-19,21,23H2,1-2H3/b8-6+/t24-,29?,35+/m0/s1. The first-order valence-corrected chi connectivity index (χ1v) is 15.3. The average molecular weight is 624 g/mol. The van der Waals surface area contributed by atoms with Gasteiger partial charge in [0.25, 0.3) is 5.91 Å². The van der Waals surface area contributed by atoms with Crippen molar-refractivity contribution < 1.29 is 29.3 Å². The second kappa shape index (κ2) is 13.2. The minimum absolute atomic E-state index is 0.0731. The molecule has 2 amide bonds. The van der Waals surface area contributed by atoms with Crippen LogP contribution in [-0.4, -0.2) is 64.1 Å². The summed E-state index contributed by atoms with van der Waals surface area (Å²) in [4.78, 5) is 29.1. The number of hydrogen-bond acceptors (Lipinski definition) is 8. The van der Waals surface area contributed by atoms with Crippen molar-refractivity contribution in [2.45, 2.75) is 38.0 Å². The molecule has 0 aliphatic carbocycles. The Bertz CT molecular complexity index is 1720. The van der Waals surface area contributed by atoms with Crippen molar-refractivity contribution in [3.63, 3.8) is 0 Å². The van der Waals surface area contributed by atoms with E-state index in [0.29, 0.717) is 48.8 Å². The van der Waals surface area contributed by atoms with Gasteiger partial charge in [-0.25, -0.2) is 4.79 Å². The summed E-state index contributed by atoms with van der Waals surface area (Å²) in [5.41, 5.74) is 2.54. The first kappa shape index (κ1) is 31.0. The van der Waals surface area contributed by atoms with E-state index in [-0.39, 0.29) is 25.2 Å². The van der Waals surface area contributed by atoms with Gasteiger partial charge in [0.05, 0.1) is 44.1 Å². The molecule has 1 fully saturated rings. The Hall–Kier alpha value is -5.00. The quantitative estimate of drug-likeness (QED) is 0.223. The predicted octanol–water partition coefficient (Wildman–Crippen LogP) is 4.38. The molecule has 6 rings (SSSR count). The number of aryl methyl sites for hydroxylation is 1. The fraction of sp³-hybridized carbons (Fsp3) is 0.314. The van der Waals surface area contributed by atoms with Crippen molar-refractivity contribution >= 4 is 23.4 Å². The molecule has 3 aromatic carbocycles. The number of aromatic nitrogens is 3. The van der Waals surface area contributed by atoms with Gasteiger partial charge in [-0.05, 0) is 47.9 Å². The van der Waals surface area contributed by atoms with Gasteiger partial charge < -0.3 is 24.6 Å². The van der Waals surface area contributed by atoms with Crippen LogP contribution in [-0.2, 0) is 28.2 Å². The number of carbonyl (C=O) groups excluding carboxylic acids is 2. The summed E-state index contributed by atoms with van der Waals surface area (Å²) < 4.78 is 12.2. The van der Waals surface area contributed by atoms with Crippen LogP contribution in [0.5, 0.6) is 5.75 Å². The summed E-state index contributed by atoms with van der Waals surface area (Å²) in [7, 11) is 1.55. The van der Waals surface area contributed by atoms with Crippen LogP contribution in [0.2, 0.25) is 0 Å². The van der Waals surface area contributed by atoms with E-state index in [1.807, 2.05) is 79.9 Å². The average Bonchev–Trinajstić information content (AvgIpc) is 3.79. The highest BCUT2D eigenvalue weighted by Gasteiger charge is 2.52. The summed E-state index contributed by atoms with van der Waals surface area (Å²) in [5.74, 6) is -0.682. The highest BCUT2D eigenvalue weighted by molar-refractivity contribution is 6.07. The second-order valence-corrected chi connectivity index (χ2v) is 11.5. The molecular formula is C35H37N5O6. The van der Waals surface area contributed by atoms with E-state index in [1.165, 1.54) is 0 Å². The molecule has 1 aromatic heterocycles. The van der Waals surface area contributed by atoms with Gasteiger partial charge in [-0.2, -0.15) is 0 Å². The minimum atomic E-state index is -1.80. The van der Waals surface area contributed by atoms with E-state index >= 15 is 0 Å². The summed E-state index contributed by atoms with van der Waals surface area (Å²) in [6.07, 6.45) is 5.85. The zero-order chi connectivity index (χ0) is 32.3. The predicted molar refractivity (Wildman–Crippen MR) is 172 cm³/mol. The van der Waals surface area contributed by atoms with Crippen LogP contribution < -0.4 is 14.5 Å². The molecule has 11 nitrogen and oxygen atoms in total. The van der Waals surface area contributed by atoms with E-state index < -0.39 is 17.4 Å². The van der Waals surface area contributed by atoms with Crippen LogP contribution in [0, 0.1) is 5.92 Å². The van der Waals surface area contributed by atoms with Gasteiger partial charge in [0, 0.05) is 29.9 Å². The van der Waals surface area contributed by atoms with Gasteiger partial charge in [0.15, 0.2) is 5.60 Å². The topological polar surface area (TPSA) is 130 Å². The summed E-state index contributed by atoms with van der Waals surface area (Å²) in [5, 5.41) is 30.5. The van der Waals surface area contributed by atoms with Crippen molar-refractivity contribution in [1.82, 2.24) is 15.0 Å². The minimum Gasteiger partial charge on any atom is -0.497 e. The van der Waals surface area contributed by atoms with E-state index in [1.54, 1.807) is 39.8 Å². The molecule has 11 heteroatoms. The Kier molecular flexibility index (Phi) is 8.87. The molecule has 0 spiro atoms. The highest BCUT2D eigenvalue weighted by atomic mass is 16.6. The number of allylic oxidation sites excluding steroid dienone is 1. The summed E-state index contributed by atoms with van der Waals surface area (Å²) >= 11 is 0. The smallest absolute Gasteiger partial charge is 0.414 e. The van der Waals surface area contributed by atoms with Crippen molar-refractivity contribution in [3.05, 3.63) is 114 Å². The molecular weight excluding hydrogens is 586 g/mol. The van der Waals surface area contributed by atoms with Gasteiger partial charge in [-0.1, -0.05) is 66.8 Å². The van der Waals surface area contributed by atoms with E-state index in [9.17, 15) is 19.8 Å². The number of anilines is 2. The maximum atomic E-state index is 14.0. The van der Waals surface area contributed by atoms with Gasteiger partial charge in [0.2, 0.25) is 0 Å². The molecule has 0 radical (unpaired) electrons. The number of amides is 2.